The minimum atomic E-state index is -0.316. The fourth-order valence-electron chi connectivity index (χ4n) is 1.84. The largest absolute Gasteiger partial charge is 0.313 e. The highest BCUT2D eigenvalue weighted by Crippen LogP contribution is 2.22. The molecule has 0 saturated carbocycles. The predicted molar refractivity (Wildman–Crippen MR) is 67.9 cm³/mol. The minimum absolute atomic E-state index is 0.162. The van der Waals surface area contributed by atoms with Crippen molar-refractivity contribution in [3.05, 3.63) is 46.8 Å². The van der Waals surface area contributed by atoms with Crippen LogP contribution in [0.4, 0.5) is 4.39 Å². The average molecular weight is 269 g/mol. The number of aromatic nitrogens is 3. The molecule has 0 radical (unpaired) electrons. The van der Waals surface area contributed by atoms with Crippen molar-refractivity contribution in [1.29, 1.82) is 0 Å². The predicted octanol–water partition coefficient (Wildman–Crippen LogP) is 2.11. The zero-order valence-electron chi connectivity index (χ0n) is 10.2. The number of likely N-dealkylation sites (N-methyl/N-ethyl adjacent to an activating group) is 1. The summed E-state index contributed by atoms with van der Waals surface area (Å²) in [7, 11) is 3.60. The molecule has 6 heteroatoms. The van der Waals surface area contributed by atoms with Crippen molar-refractivity contribution >= 4 is 11.6 Å². The van der Waals surface area contributed by atoms with Gasteiger partial charge in [-0.05, 0) is 19.2 Å². The molecule has 4 nitrogen and oxygen atoms in total. The lowest BCUT2D eigenvalue weighted by Crippen LogP contribution is -2.21. The van der Waals surface area contributed by atoms with Crippen molar-refractivity contribution < 1.29 is 4.39 Å². The molecule has 0 aliphatic heterocycles. The number of nitrogens with zero attached hydrogens (tertiary/aromatic N) is 3. The van der Waals surface area contributed by atoms with Crippen molar-refractivity contribution in [2.45, 2.75) is 12.5 Å². The number of aryl methyl sites for hydroxylation is 1. The Hall–Kier alpha value is -1.46. The third kappa shape index (κ3) is 2.68. The van der Waals surface area contributed by atoms with E-state index in [4.69, 9.17) is 11.6 Å². The topological polar surface area (TPSA) is 42.7 Å². The summed E-state index contributed by atoms with van der Waals surface area (Å²) >= 11 is 5.75. The second-order valence-electron chi connectivity index (χ2n) is 4.01. The molecule has 1 atom stereocenters. The molecule has 1 heterocycles. The first-order valence-electron chi connectivity index (χ1n) is 5.57. The van der Waals surface area contributed by atoms with Gasteiger partial charge in [-0.3, -0.25) is 4.68 Å². The van der Waals surface area contributed by atoms with Crippen molar-refractivity contribution in [2.24, 2.45) is 7.05 Å². The Balaban J connectivity index is 2.26. The summed E-state index contributed by atoms with van der Waals surface area (Å²) in [4.78, 5) is 4.14. The second-order valence-corrected chi connectivity index (χ2v) is 4.45. The van der Waals surface area contributed by atoms with E-state index in [2.05, 4.69) is 15.4 Å². The molecule has 2 rings (SSSR count). The molecule has 0 aliphatic rings. The lowest BCUT2D eigenvalue weighted by Gasteiger charge is -2.16. The van der Waals surface area contributed by atoms with Gasteiger partial charge in [0.1, 0.15) is 18.0 Å². The molecular weight excluding hydrogens is 255 g/mol. The van der Waals surface area contributed by atoms with Crippen LogP contribution < -0.4 is 5.32 Å². The van der Waals surface area contributed by atoms with Crippen molar-refractivity contribution in [1.82, 2.24) is 20.1 Å². The molecular formula is C12H14ClFN4. The Bertz CT molecular complexity index is 541. The number of benzene rings is 1. The van der Waals surface area contributed by atoms with Crippen LogP contribution in [0, 0.1) is 5.82 Å². The summed E-state index contributed by atoms with van der Waals surface area (Å²) in [5.74, 6) is 0.479. The molecule has 1 unspecified atom stereocenters. The summed E-state index contributed by atoms with van der Waals surface area (Å²) in [6.45, 7) is 0. The first kappa shape index (κ1) is 13.0. The van der Waals surface area contributed by atoms with Crippen LogP contribution in [0.15, 0.2) is 24.5 Å². The maximum atomic E-state index is 13.8. The number of rotatable bonds is 4. The molecule has 1 aromatic carbocycles. The molecule has 18 heavy (non-hydrogen) atoms. The summed E-state index contributed by atoms with van der Waals surface area (Å²) in [6, 6.07) is 4.53. The van der Waals surface area contributed by atoms with Crippen LogP contribution >= 0.6 is 11.6 Å². The quantitative estimate of drug-likeness (QED) is 0.924. The standard InChI is InChI=1S/C12H14ClFN4/c1-15-11(6-12-16-7-17-18(12)2)9-4-3-8(13)5-10(9)14/h3-5,7,11,15H,6H2,1-2H3. The summed E-state index contributed by atoms with van der Waals surface area (Å²) in [6.07, 6.45) is 2.05. The normalized spacial score (nSPS) is 12.7. The Labute approximate surface area is 110 Å². The highest BCUT2D eigenvalue weighted by molar-refractivity contribution is 6.30. The Morgan fingerprint density at radius 2 is 2.28 bits per heavy atom. The van der Waals surface area contributed by atoms with Crippen molar-refractivity contribution in [3.8, 4) is 0 Å². The van der Waals surface area contributed by atoms with E-state index in [0.717, 1.165) is 5.82 Å². The summed E-state index contributed by atoms with van der Waals surface area (Å²) in [5.41, 5.74) is 0.574. The number of nitrogens with one attached hydrogen (secondary N) is 1. The molecule has 0 amide bonds. The Morgan fingerprint density at radius 3 is 2.83 bits per heavy atom. The van der Waals surface area contributed by atoms with Crippen molar-refractivity contribution in [3.63, 3.8) is 0 Å². The molecule has 1 aromatic heterocycles. The van der Waals surface area contributed by atoms with E-state index in [1.807, 2.05) is 7.05 Å². The Kier molecular flexibility index (Phi) is 3.93. The molecule has 0 saturated heterocycles. The number of halogens is 2. The molecule has 0 spiro atoms. The van der Waals surface area contributed by atoms with Gasteiger partial charge >= 0.3 is 0 Å². The van der Waals surface area contributed by atoms with Gasteiger partial charge in [0, 0.05) is 30.1 Å². The Morgan fingerprint density at radius 1 is 1.50 bits per heavy atom. The van der Waals surface area contributed by atoms with Gasteiger partial charge in [-0.2, -0.15) is 5.10 Å². The van der Waals surface area contributed by atoms with E-state index in [1.54, 1.807) is 23.9 Å². The van der Waals surface area contributed by atoms with Gasteiger partial charge in [0.2, 0.25) is 0 Å². The maximum Gasteiger partial charge on any atom is 0.138 e. The van der Waals surface area contributed by atoms with E-state index in [9.17, 15) is 4.39 Å². The highest BCUT2D eigenvalue weighted by Gasteiger charge is 2.17. The second kappa shape index (κ2) is 5.46. The van der Waals surface area contributed by atoms with Gasteiger partial charge in [-0.1, -0.05) is 17.7 Å². The van der Waals surface area contributed by atoms with Crippen LogP contribution in [0.25, 0.3) is 0 Å². The maximum absolute atomic E-state index is 13.8. The van der Waals surface area contributed by atoms with Crippen molar-refractivity contribution in [2.75, 3.05) is 7.05 Å². The van der Waals surface area contributed by atoms with Gasteiger partial charge < -0.3 is 5.32 Å². The summed E-state index contributed by atoms with van der Waals surface area (Å²) < 4.78 is 15.5. The van der Waals surface area contributed by atoms with E-state index < -0.39 is 0 Å². The first-order valence-corrected chi connectivity index (χ1v) is 5.94. The van der Waals surface area contributed by atoms with E-state index in [1.165, 1.54) is 12.4 Å². The third-order valence-corrected chi connectivity index (χ3v) is 3.11. The van der Waals surface area contributed by atoms with Gasteiger partial charge in [-0.15, -0.1) is 0 Å². The van der Waals surface area contributed by atoms with Crippen LogP contribution in [-0.4, -0.2) is 21.8 Å². The molecule has 2 aromatic rings. The van der Waals surface area contributed by atoms with E-state index in [-0.39, 0.29) is 11.9 Å². The number of hydrogen-bond acceptors (Lipinski definition) is 3. The zero-order valence-corrected chi connectivity index (χ0v) is 10.9. The fraction of sp³-hybridized carbons (Fsp3) is 0.333. The molecule has 0 bridgehead atoms. The van der Waals surface area contributed by atoms with Crippen LogP contribution in [0.5, 0.6) is 0 Å². The lowest BCUT2D eigenvalue weighted by atomic mass is 10.0. The highest BCUT2D eigenvalue weighted by atomic mass is 35.5. The minimum Gasteiger partial charge on any atom is -0.313 e. The monoisotopic (exact) mass is 268 g/mol. The van der Waals surface area contributed by atoms with E-state index in [0.29, 0.717) is 17.0 Å². The average Bonchev–Trinajstić information content (AvgIpc) is 2.73. The molecule has 0 aliphatic carbocycles. The van der Waals surface area contributed by atoms with E-state index >= 15 is 0 Å². The number of hydrogen-bond donors (Lipinski definition) is 1. The molecule has 1 N–H and O–H groups in total. The third-order valence-electron chi connectivity index (χ3n) is 2.88. The smallest absolute Gasteiger partial charge is 0.138 e. The first-order chi connectivity index (χ1) is 8.61. The van der Waals surface area contributed by atoms with Gasteiger partial charge in [-0.25, -0.2) is 9.37 Å². The van der Waals surface area contributed by atoms with Gasteiger partial charge in [0.25, 0.3) is 0 Å². The van der Waals surface area contributed by atoms with Crippen LogP contribution in [0.1, 0.15) is 17.4 Å². The molecule has 0 fully saturated rings. The van der Waals surface area contributed by atoms with Crippen LogP contribution in [0.3, 0.4) is 0 Å². The van der Waals surface area contributed by atoms with Crippen LogP contribution in [-0.2, 0) is 13.5 Å². The summed E-state index contributed by atoms with van der Waals surface area (Å²) in [5, 5.41) is 7.47. The van der Waals surface area contributed by atoms with Crippen LogP contribution in [0.2, 0.25) is 5.02 Å². The fourth-order valence-corrected chi connectivity index (χ4v) is 2.00. The lowest BCUT2D eigenvalue weighted by molar-refractivity contribution is 0.514. The van der Waals surface area contributed by atoms with Gasteiger partial charge in [0.05, 0.1) is 0 Å². The van der Waals surface area contributed by atoms with Gasteiger partial charge in [0.15, 0.2) is 0 Å². The molecule has 96 valence electrons. The zero-order chi connectivity index (χ0) is 13.1. The SMILES string of the molecule is CNC(Cc1ncnn1C)c1ccc(Cl)cc1F.